The second kappa shape index (κ2) is 6.92. The standard InChI is InChI=1S/C16H9Cl2N3O4/c17-11-4-2-1-3-10(11)15-19-16(25-20-15)12(18)7-9-5-6-14(22)13(8-9)21(23)24/h1-8,22H/p-1/b12-7-. The number of nitro benzene ring substituents is 1. The summed E-state index contributed by atoms with van der Waals surface area (Å²) in [4.78, 5) is 14.2. The molecule has 3 aromatic rings. The highest BCUT2D eigenvalue weighted by Crippen LogP contribution is 2.30. The number of rotatable bonds is 4. The van der Waals surface area contributed by atoms with Gasteiger partial charge in [0.2, 0.25) is 5.82 Å². The Morgan fingerprint density at radius 3 is 2.72 bits per heavy atom. The summed E-state index contributed by atoms with van der Waals surface area (Å²) >= 11 is 12.2. The van der Waals surface area contributed by atoms with E-state index >= 15 is 0 Å². The Morgan fingerprint density at radius 2 is 2.00 bits per heavy atom. The molecule has 0 aliphatic heterocycles. The summed E-state index contributed by atoms with van der Waals surface area (Å²) in [5, 5.41) is 26.6. The first-order chi connectivity index (χ1) is 12.0. The largest absolute Gasteiger partial charge is 0.868 e. The number of hydrogen-bond donors (Lipinski definition) is 0. The molecule has 0 spiro atoms. The monoisotopic (exact) mass is 376 g/mol. The number of aromatic nitrogens is 2. The van der Waals surface area contributed by atoms with Crippen LogP contribution in [0.25, 0.3) is 22.5 Å². The van der Waals surface area contributed by atoms with E-state index in [0.29, 0.717) is 16.1 Å². The lowest BCUT2D eigenvalue weighted by atomic mass is 10.1. The molecule has 1 heterocycles. The summed E-state index contributed by atoms with van der Waals surface area (Å²) < 4.78 is 5.09. The van der Waals surface area contributed by atoms with Gasteiger partial charge in [-0.3, -0.25) is 10.1 Å². The normalized spacial score (nSPS) is 11.5. The van der Waals surface area contributed by atoms with Gasteiger partial charge in [-0.1, -0.05) is 52.6 Å². The minimum absolute atomic E-state index is 0.0189. The van der Waals surface area contributed by atoms with Gasteiger partial charge in [-0.2, -0.15) is 4.98 Å². The van der Waals surface area contributed by atoms with Crippen molar-refractivity contribution in [2.75, 3.05) is 0 Å². The Labute approximate surface area is 151 Å². The van der Waals surface area contributed by atoms with Crippen LogP contribution in [0.2, 0.25) is 5.02 Å². The third kappa shape index (κ3) is 3.62. The first kappa shape index (κ1) is 16.9. The van der Waals surface area contributed by atoms with Gasteiger partial charge in [0.25, 0.3) is 11.6 Å². The highest BCUT2D eigenvalue weighted by Gasteiger charge is 2.14. The lowest BCUT2D eigenvalue weighted by Gasteiger charge is -2.06. The van der Waals surface area contributed by atoms with E-state index in [2.05, 4.69) is 10.1 Å². The predicted octanol–water partition coefficient (Wildman–Crippen LogP) is 4.11. The second-order valence-corrected chi connectivity index (χ2v) is 5.69. The van der Waals surface area contributed by atoms with Crippen LogP contribution in [0.4, 0.5) is 5.69 Å². The van der Waals surface area contributed by atoms with Crippen LogP contribution in [0.1, 0.15) is 11.5 Å². The highest BCUT2D eigenvalue weighted by molar-refractivity contribution is 6.50. The molecule has 2 aromatic carbocycles. The predicted molar refractivity (Wildman–Crippen MR) is 91.0 cm³/mol. The van der Waals surface area contributed by atoms with Crippen LogP contribution >= 0.6 is 23.2 Å². The van der Waals surface area contributed by atoms with Gasteiger partial charge in [0, 0.05) is 11.6 Å². The van der Waals surface area contributed by atoms with Gasteiger partial charge >= 0.3 is 0 Å². The molecule has 0 fully saturated rings. The third-order valence-corrected chi connectivity index (χ3v) is 3.82. The summed E-state index contributed by atoms with van der Waals surface area (Å²) in [6.45, 7) is 0. The number of hydrogen-bond acceptors (Lipinski definition) is 6. The van der Waals surface area contributed by atoms with Crippen molar-refractivity contribution in [2.24, 2.45) is 0 Å². The Bertz CT molecular complexity index is 985. The first-order valence-corrected chi connectivity index (χ1v) is 7.63. The summed E-state index contributed by atoms with van der Waals surface area (Å²) in [5.74, 6) is -0.407. The van der Waals surface area contributed by atoms with Crippen molar-refractivity contribution in [1.82, 2.24) is 10.1 Å². The van der Waals surface area contributed by atoms with E-state index in [9.17, 15) is 15.2 Å². The van der Waals surface area contributed by atoms with Crippen molar-refractivity contribution >= 4 is 40.0 Å². The average molecular weight is 377 g/mol. The SMILES string of the molecule is O=[N+]([O-])c1cc(/C=C(\Cl)c2nc(-c3ccccc3Cl)no2)ccc1[O-]. The Kier molecular flexibility index (Phi) is 4.69. The first-order valence-electron chi connectivity index (χ1n) is 6.87. The van der Waals surface area contributed by atoms with Crippen molar-refractivity contribution in [1.29, 1.82) is 0 Å². The quantitative estimate of drug-likeness (QED) is 0.501. The fourth-order valence-electron chi connectivity index (χ4n) is 2.05. The molecule has 0 saturated carbocycles. The minimum atomic E-state index is -0.754. The van der Waals surface area contributed by atoms with Gasteiger partial charge in [-0.25, -0.2) is 0 Å². The molecule has 0 bridgehead atoms. The number of benzene rings is 2. The van der Waals surface area contributed by atoms with Crippen LogP contribution in [-0.4, -0.2) is 15.1 Å². The topological polar surface area (TPSA) is 105 Å². The molecule has 0 aliphatic carbocycles. The van der Waals surface area contributed by atoms with Crippen molar-refractivity contribution in [3.63, 3.8) is 0 Å². The fourth-order valence-corrected chi connectivity index (χ4v) is 2.47. The van der Waals surface area contributed by atoms with E-state index in [1.807, 2.05) is 0 Å². The molecular formula is C16H8Cl2N3O4-. The lowest BCUT2D eigenvalue weighted by Crippen LogP contribution is -1.97. The van der Waals surface area contributed by atoms with E-state index < -0.39 is 16.4 Å². The van der Waals surface area contributed by atoms with Gasteiger partial charge in [0.1, 0.15) is 5.03 Å². The van der Waals surface area contributed by atoms with Gasteiger partial charge in [-0.15, -0.1) is 0 Å². The Balaban J connectivity index is 1.93. The van der Waals surface area contributed by atoms with E-state index in [1.165, 1.54) is 12.1 Å². The maximum atomic E-state index is 11.4. The van der Waals surface area contributed by atoms with Crippen molar-refractivity contribution in [3.8, 4) is 17.1 Å². The molecule has 0 atom stereocenters. The molecule has 0 saturated heterocycles. The Hall–Kier alpha value is -2.90. The van der Waals surface area contributed by atoms with Gasteiger partial charge in [0.05, 0.1) is 9.95 Å². The molecule has 0 N–H and O–H groups in total. The van der Waals surface area contributed by atoms with Crippen LogP contribution in [0, 0.1) is 10.1 Å². The molecule has 1 aromatic heterocycles. The van der Waals surface area contributed by atoms with E-state index in [0.717, 1.165) is 12.1 Å². The molecule has 0 unspecified atom stereocenters. The van der Waals surface area contributed by atoms with E-state index in [1.54, 1.807) is 24.3 Å². The van der Waals surface area contributed by atoms with Crippen molar-refractivity contribution in [2.45, 2.75) is 0 Å². The van der Waals surface area contributed by atoms with E-state index in [4.69, 9.17) is 27.7 Å². The van der Waals surface area contributed by atoms with Crippen LogP contribution in [-0.2, 0) is 0 Å². The van der Waals surface area contributed by atoms with Crippen LogP contribution in [0.5, 0.6) is 5.75 Å². The molecule has 7 nitrogen and oxygen atoms in total. The summed E-state index contributed by atoms with van der Waals surface area (Å²) in [6.07, 6.45) is 1.39. The molecule has 126 valence electrons. The number of nitrogens with zero attached hydrogens (tertiary/aromatic N) is 3. The van der Waals surface area contributed by atoms with E-state index in [-0.39, 0.29) is 16.7 Å². The zero-order chi connectivity index (χ0) is 18.0. The molecule has 25 heavy (non-hydrogen) atoms. The molecule has 3 rings (SSSR count). The molecule has 0 radical (unpaired) electrons. The van der Waals surface area contributed by atoms with Gasteiger partial charge in [-0.05, 0) is 29.5 Å². The fraction of sp³-hybridized carbons (Fsp3) is 0. The smallest absolute Gasteiger partial charge is 0.269 e. The third-order valence-electron chi connectivity index (χ3n) is 3.22. The molecule has 9 heteroatoms. The van der Waals surface area contributed by atoms with Gasteiger partial charge < -0.3 is 9.63 Å². The van der Waals surface area contributed by atoms with Crippen molar-refractivity contribution < 1.29 is 14.6 Å². The molecule has 0 amide bonds. The van der Waals surface area contributed by atoms with Crippen molar-refractivity contribution in [3.05, 3.63) is 69.1 Å². The second-order valence-electron chi connectivity index (χ2n) is 4.88. The maximum absolute atomic E-state index is 11.4. The zero-order valence-corrected chi connectivity index (χ0v) is 13.9. The van der Waals surface area contributed by atoms with Crippen LogP contribution < -0.4 is 5.11 Å². The minimum Gasteiger partial charge on any atom is -0.868 e. The number of nitro groups is 1. The Morgan fingerprint density at radius 1 is 1.24 bits per heavy atom. The zero-order valence-electron chi connectivity index (χ0n) is 12.3. The summed E-state index contributed by atoms with van der Waals surface area (Å²) in [6, 6.07) is 10.6. The lowest BCUT2D eigenvalue weighted by molar-refractivity contribution is -0.398. The summed E-state index contributed by atoms with van der Waals surface area (Å²) in [7, 11) is 0. The van der Waals surface area contributed by atoms with Gasteiger partial charge in [0.15, 0.2) is 0 Å². The van der Waals surface area contributed by atoms with Crippen LogP contribution in [0.15, 0.2) is 47.0 Å². The molecule has 0 aliphatic rings. The number of halogens is 2. The average Bonchev–Trinajstić information content (AvgIpc) is 3.06. The summed E-state index contributed by atoms with van der Waals surface area (Å²) in [5.41, 5.74) is 0.393. The highest BCUT2D eigenvalue weighted by atomic mass is 35.5. The maximum Gasteiger partial charge on any atom is 0.269 e. The molecular weight excluding hydrogens is 369 g/mol. The van der Waals surface area contributed by atoms with Crippen LogP contribution in [0.3, 0.4) is 0 Å².